The first-order valence-corrected chi connectivity index (χ1v) is 8.24. The van der Waals surface area contributed by atoms with Gasteiger partial charge in [0, 0.05) is 31.7 Å². The lowest BCUT2D eigenvalue weighted by molar-refractivity contribution is -0.0793. The van der Waals surface area contributed by atoms with Crippen LogP contribution in [-0.2, 0) is 0 Å². The van der Waals surface area contributed by atoms with Crippen LogP contribution >= 0.6 is 0 Å². The Morgan fingerprint density at radius 1 is 0.947 bits per heavy atom. The van der Waals surface area contributed by atoms with Crippen LogP contribution in [0.25, 0.3) is 0 Å². The molecule has 2 aliphatic heterocycles. The highest BCUT2D eigenvalue weighted by atomic mass is 16.3. The molecular weight excluding hydrogens is 236 g/mol. The monoisotopic (exact) mass is 266 g/mol. The molecule has 2 heterocycles. The summed E-state index contributed by atoms with van der Waals surface area (Å²) in [6, 6.07) is 1.17. The Morgan fingerprint density at radius 2 is 1.74 bits per heavy atom. The molecule has 3 unspecified atom stereocenters. The van der Waals surface area contributed by atoms with Crippen LogP contribution in [0.3, 0.4) is 0 Å². The molecule has 3 aliphatic rings. The van der Waals surface area contributed by atoms with Gasteiger partial charge in [0.25, 0.3) is 0 Å². The minimum absolute atomic E-state index is 0.104. The van der Waals surface area contributed by atoms with Crippen LogP contribution in [0.15, 0.2) is 0 Å². The molecule has 3 nitrogen and oxygen atoms in total. The van der Waals surface area contributed by atoms with E-state index >= 15 is 0 Å². The van der Waals surface area contributed by atoms with Gasteiger partial charge in [-0.05, 0) is 37.6 Å². The number of aliphatic hydroxyl groups excluding tert-OH is 1. The zero-order valence-corrected chi connectivity index (χ0v) is 12.6. The predicted molar refractivity (Wildman–Crippen MR) is 78.2 cm³/mol. The average Bonchev–Trinajstić information content (AvgIpc) is 2.41. The minimum Gasteiger partial charge on any atom is -0.391 e. The van der Waals surface area contributed by atoms with Gasteiger partial charge in [0.15, 0.2) is 0 Å². The molecule has 0 radical (unpaired) electrons. The quantitative estimate of drug-likeness (QED) is 0.787. The molecule has 110 valence electrons. The van der Waals surface area contributed by atoms with E-state index in [2.05, 4.69) is 23.6 Å². The summed E-state index contributed by atoms with van der Waals surface area (Å²) >= 11 is 0. The number of aliphatic hydroxyl groups is 1. The van der Waals surface area contributed by atoms with Crippen molar-refractivity contribution in [3.05, 3.63) is 0 Å². The molecule has 0 amide bonds. The van der Waals surface area contributed by atoms with Crippen molar-refractivity contribution in [1.82, 2.24) is 9.80 Å². The lowest BCUT2D eigenvalue weighted by atomic mass is 9.72. The van der Waals surface area contributed by atoms with E-state index in [1.807, 2.05) is 0 Å². The van der Waals surface area contributed by atoms with Crippen LogP contribution in [-0.4, -0.2) is 59.3 Å². The van der Waals surface area contributed by atoms with E-state index in [-0.39, 0.29) is 11.5 Å². The van der Waals surface area contributed by atoms with Crippen molar-refractivity contribution in [1.29, 1.82) is 0 Å². The minimum atomic E-state index is -0.142. The Hall–Kier alpha value is -0.120. The van der Waals surface area contributed by atoms with Gasteiger partial charge in [0.2, 0.25) is 0 Å². The van der Waals surface area contributed by atoms with E-state index in [4.69, 9.17) is 0 Å². The molecule has 3 rings (SSSR count). The number of hydrogen-bond donors (Lipinski definition) is 1. The second-order valence-corrected chi connectivity index (χ2v) is 7.57. The van der Waals surface area contributed by atoms with E-state index < -0.39 is 0 Å². The van der Waals surface area contributed by atoms with Crippen molar-refractivity contribution >= 4 is 0 Å². The summed E-state index contributed by atoms with van der Waals surface area (Å²) in [5.41, 5.74) is 0.104. The third kappa shape index (κ3) is 2.70. The van der Waals surface area contributed by atoms with Gasteiger partial charge < -0.3 is 5.11 Å². The maximum atomic E-state index is 10.7. The van der Waals surface area contributed by atoms with E-state index in [9.17, 15) is 5.11 Å². The predicted octanol–water partition coefficient (Wildman–Crippen LogP) is 2.10. The molecule has 0 spiro atoms. The van der Waals surface area contributed by atoms with E-state index in [1.165, 1.54) is 58.2 Å². The second-order valence-electron chi connectivity index (χ2n) is 7.57. The largest absolute Gasteiger partial charge is 0.391 e. The Bertz CT molecular complexity index is 318. The fourth-order valence-electron chi connectivity index (χ4n) is 4.46. The highest BCUT2D eigenvalue weighted by molar-refractivity contribution is 4.96. The summed E-state index contributed by atoms with van der Waals surface area (Å²) in [5.74, 6) is 0. The van der Waals surface area contributed by atoms with Crippen molar-refractivity contribution in [3.63, 3.8) is 0 Å². The molecule has 0 aromatic rings. The van der Waals surface area contributed by atoms with Gasteiger partial charge in [-0.2, -0.15) is 0 Å². The maximum Gasteiger partial charge on any atom is 0.0746 e. The number of fused-ring (bicyclic) bond motifs is 1. The SMILES string of the molecule is CC1(C)CCCC(N2CCN3CCCCC3C2)C1O. The molecule has 1 saturated carbocycles. The van der Waals surface area contributed by atoms with Crippen molar-refractivity contribution in [2.45, 2.75) is 70.6 Å². The first kappa shape index (κ1) is 13.8. The van der Waals surface area contributed by atoms with Crippen LogP contribution in [0.5, 0.6) is 0 Å². The summed E-state index contributed by atoms with van der Waals surface area (Å²) in [6.45, 7) is 9.35. The highest BCUT2D eigenvalue weighted by Gasteiger charge is 2.42. The molecular formula is C16H30N2O. The third-order valence-corrected chi connectivity index (χ3v) is 5.82. The van der Waals surface area contributed by atoms with Crippen molar-refractivity contribution in [3.8, 4) is 0 Å². The van der Waals surface area contributed by atoms with Gasteiger partial charge in [-0.15, -0.1) is 0 Å². The molecule has 2 saturated heterocycles. The lowest BCUT2D eigenvalue weighted by Crippen LogP contribution is -2.61. The topological polar surface area (TPSA) is 26.7 Å². The van der Waals surface area contributed by atoms with Crippen LogP contribution in [0, 0.1) is 5.41 Å². The number of rotatable bonds is 1. The first-order chi connectivity index (χ1) is 9.08. The summed E-state index contributed by atoms with van der Waals surface area (Å²) in [7, 11) is 0. The van der Waals surface area contributed by atoms with Gasteiger partial charge in [-0.25, -0.2) is 0 Å². The number of piperidine rings is 1. The van der Waals surface area contributed by atoms with Crippen LogP contribution in [0.4, 0.5) is 0 Å². The van der Waals surface area contributed by atoms with Crippen LogP contribution in [0.2, 0.25) is 0 Å². The Morgan fingerprint density at radius 3 is 2.58 bits per heavy atom. The molecule has 3 atom stereocenters. The molecule has 1 N–H and O–H groups in total. The van der Waals surface area contributed by atoms with Gasteiger partial charge in [0.05, 0.1) is 6.10 Å². The zero-order chi connectivity index (χ0) is 13.5. The maximum absolute atomic E-state index is 10.7. The molecule has 0 aromatic heterocycles. The fourth-order valence-corrected chi connectivity index (χ4v) is 4.46. The molecule has 3 fully saturated rings. The second kappa shape index (κ2) is 5.34. The highest BCUT2D eigenvalue weighted by Crippen LogP contribution is 2.38. The van der Waals surface area contributed by atoms with E-state index in [0.29, 0.717) is 6.04 Å². The summed E-state index contributed by atoms with van der Waals surface area (Å²) in [5, 5.41) is 10.7. The lowest BCUT2D eigenvalue weighted by Gasteiger charge is -2.51. The Kier molecular flexibility index (Phi) is 3.89. The zero-order valence-electron chi connectivity index (χ0n) is 12.6. The smallest absolute Gasteiger partial charge is 0.0746 e. The summed E-state index contributed by atoms with van der Waals surface area (Å²) in [4.78, 5) is 5.29. The number of nitrogens with zero attached hydrogens (tertiary/aromatic N) is 2. The van der Waals surface area contributed by atoms with E-state index in [1.54, 1.807) is 0 Å². The molecule has 0 bridgehead atoms. The first-order valence-electron chi connectivity index (χ1n) is 8.24. The molecule has 3 heteroatoms. The van der Waals surface area contributed by atoms with Crippen molar-refractivity contribution in [2.24, 2.45) is 5.41 Å². The summed E-state index contributed by atoms with van der Waals surface area (Å²) < 4.78 is 0. The van der Waals surface area contributed by atoms with Crippen LogP contribution < -0.4 is 0 Å². The standard InChI is InChI=1S/C16H30N2O/c1-16(2)8-5-7-14(15(16)19)18-11-10-17-9-4-3-6-13(17)12-18/h13-15,19H,3-12H2,1-2H3. The van der Waals surface area contributed by atoms with Gasteiger partial charge in [-0.3, -0.25) is 9.80 Å². The number of hydrogen-bond acceptors (Lipinski definition) is 3. The fraction of sp³-hybridized carbons (Fsp3) is 1.00. The Labute approximate surface area is 118 Å². The molecule has 0 aromatic carbocycles. The van der Waals surface area contributed by atoms with Crippen molar-refractivity contribution in [2.75, 3.05) is 26.2 Å². The van der Waals surface area contributed by atoms with E-state index in [0.717, 1.165) is 12.6 Å². The number of piperazine rings is 1. The normalized spacial score (nSPS) is 40.9. The molecule has 19 heavy (non-hydrogen) atoms. The van der Waals surface area contributed by atoms with Gasteiger partial charge in [-0.1, -0.05) is 26.7 Å². The summed E-state index contributed by atoms with van der Waals surface area (Å²) in [6.07, 6.45) is 7.65. The van der Waals surface area contributed by atoms with Crippen LogP contribution in [0.1, 0.15) is 52.4 Å². The average molecular weight is 266 g/mol. The Balaban J connectivity index is 1.65. The molecule has 1 aliphatic carbocycles. The van der Waals surface area contributed by atoms with Crippen molar-refractivity contribution < 1.29 is 5.11 Å². The third-order valence-electron chi connectivity index (χ3n) is 5.82. The van der Waals surface area contributed by atoms with Gasteiger partial charge >= 0.3 is 0 Å². The van der Waals surface area contributed by atoms with Gasteiger partial charge in [0.1, 0.15) is 0 Å².